The average molecular weight is 308 g/mol. The second kappa shape index (κ2) is 6.20. The number of hydrogen-bond acceptors (Lipinski definition) is 4. The molecule has 0 unspecified atom stereocenters. The molecule has 1 aliphatic heterocycles. The summed E-state index contributed by atoms with van der Waals surface area (Å²) in [6.45, 7) is 9.37. The molecular formula is C15H22ClN5. The summed E-state index contributed by atoms with van der Waals surface area (Å²) in [5.41, 5.74) is 2.22. The molecule has 0 spiro atoms. The number of alkyl halides is 1. The number of rotatable bonds is 4. The van der Waals surface area contributed by atoms with E-state index in [2.05, 4.69) is 39.8 Å². The van der Waals surface area contributed by atoms with Crippen LogP contribution in [-0.4, -0.2) is 58.1 Å². The van der Waals surface area contributed by atoms with Crippen molar-refractivity contribution < 1.29 is 0 Å². The van der Waals surface area contributed by atoms with Crippen LogP contribution in [0, 0.1) is 0 Å². The molecule has 0 bridgehead atoms. The highest BCUT2D eigenvalue weighted by atomic mass is 35.5. The van der Waals surface area contributed by atoms with Gasteiger partial charge in [-0.15, -0.1) is 11.6 Å². The smallest absolute Gasteiger partial charge is 0.154 e. The monoisotopic (exact) mass is 307 g/mol. The van der Waals surface area contributed by atoms with Crippen LogP contribution in [0.2, 0.25) is 0 Å². The molecule has 0 aliphatic carbocycles. The fourth-order valence-corrected chi connectivity index (χ4v) is 2.99. The summed E-state index contributed by atoms with van der Waals surface area (Å²) < 4.78 is 1.95. The van der Waals surface area contributed by atoms with E-state index < -0.39 is 0 Å². The van der Waals surface area contributed by atoms with Crippen LogP contribution in [0.5, 0.6) is 0 Å². The zero-order chi connectivity index (χ0) is 14.8. The van der Waals surface area contributed by atoms with E-state index in [0.717, 1.165) is 49.8 Å². The first-order valence-corrected chi connectivity index (χ1v) is 8.10. The number of hydrogen-bond donors (Lipinski definition) is 0. The van der Waals surface area contributed by atoms with Gasteiger partial charge in [-0.2, -0.15) is 5.10 Å². The molecule has 2 aromatic rings. The van der Waals surface area contributed by atoms with Gasteiger partial charge >= 0.3 is 0 Å². The Labute approximate surface area is 130 Å². The number of piperazine rings is 1. The highest BCUT2D eigenvalue weighted by Gasteiger charge is 2.20. The topological polar surface area (TPSA) is 36.7 Å². The SMILES string of the molecule is CC(C)c1cc2c(N3CCN(CCCl)CC3)nccn2n1. The van der Waals surface area contributed by atoms with Crippen molar-refractivity contribution in [3.8, 4) is 0 Å². The highest BCUT2D eigenvalue weighted by Crippen LogP contribution is 2.23. The minimum Gasteiger partial charge on any atom is -0.352 e. The lowest BCUT2D eigenvalue weighted by Crippen LogP contribution is -2.47. The van der Waals surface area contributed by atoms with E-state index in [-0.39, 0.29) is 0 Å². The predicted molar refractivity (Wildman–Crippen MR) is 86.4 cm³/mol. The Morgan fingerprint density at radius 3 is 2.67 bits per heavy atom. The van der Waals surface area contributed by atoms with E-state index in [9.17, 15) is 0 Å². The second-order valence-corrected chi connectivity index (χ2v) is 6.20. The van der Waals surface area contributed by atoms with Crippen molar-refractivity contribution >= 4 is 22.9 Å². The molecule has 0 saturated carbocycles. The van der Waals surface area contributed by atoms with Gasteiger partial charge in [0.15, 0.2) is 5.82 Å². The van der Waals surface area contributed by atoms with Crippen LogP contribution < -0.4 is 4.90 Å². The number of aromatic nitrogens is 3. The molecular weight excluding hydrogens is 286 g/mol. The first kappa shape index (κ1) is 14.6. The summed E-state index contributed by atoms with van der Waals surface area (Å²) in [6, 6.07) is 2.16. The Balaban J connectivity index is 1.84. The third kappa shape index (κ3) is 2.99. The zero-order valence-electron chi connectivity index (χ0n) is 12.7. The van der Waals surface area contributed by atoms with Crippen molar-refractivity contribution in [3.63, 3.8) is 0 Å². The fourth-order valence-electron chi connectivity index (χ4n) is 2.76. The van der Waals surface area contributed by atoms with Crippen molar-refractivity contribution in [3.05, 3.63) is 24.2 Å². The van der Waals surface area contributed by atoms with Crippen molar-refractivity contribution in [2.45, 2.75) is 19.8 Å². The highest BCUT2D eigenvalue weighted by molar-refractivity contribution is 6.18. The van der Waals surface area contributed by atoms with E-state index >= 15 is 0 Å². The maximum absolute atomic E-state index is 5.82. The van der Waals surface area contributed by atoms with Crippen LogP contribution in [-0.2, 0) is 0 Å². The Morgan fingerprint density at radius 2 is 2.00 bits per heavy atom. The standard InChI is InChI=1S/C15H22ClN5/c1-12(2)13-11-14-15(17-4-6-21(14)18-13)20-9-7-19(5-3-16)8-10-20/h4,6,11-12H,3,5,7-10H2,1-2H3. The molecule has 1 saturated heterocycles. The molecule has 3 rings (SSSR count). The summed E-state index contributed by atoms with van der Waals surface area (Å²) in [5, 5.41) is 4.63. The van der Waals surface area contributed by atoms with Gasteiger partial charge in [0.1, 0.15) is 5.52 Å². The lowest BCUT2D eigenvalue weighted by molar-refractivity contribution is 0.272. The van der Waals surface area contributed by atoms with Crippen molar-refractivity contribution in [1.29, 1.82) is 0 Å². The van der Waals surface area contributed by atoms with Gasteiger partial charge in [0, 0.05) is 51.0 Å². The maximum atomic E-state index is 5.82. The van der Waals surface area contributed by atoms with Crippen molar-refractivity contribution in [1.82, 2.24) is 19.5 Å². The Bertz CT molecular complexity index is 601. The average Bonchev–Trinajstić information content (AvgIpc) is 2.93. The van der Waals surface area contributed by atoms with Gasteiger partial charge < -0.3 is 4.90 Å². The van der Waals surface area contributed by atoms with E-state index in [0.29, 0.717) is 11.8 Å². The summed E-state index contributed by atoms with van der Waals surface area (Å²) in [4.78, 5) is 9.35. The van der Waals surface area contributed by atoms with Gasteiger partial charge in [-0.1, -0.05) is 13.8 Å². The quantitative estimate of drug-likeness (QED) is 0.812. The van der Waals surface area contributed by atoms with Gasteiger partial charge in [0.25, 0.3) is 0 Å². The molecule has 0 atom stereocenters. The predicted octanol–water partition coefficient (Wildman–Crippen LogP) is 2.21. The molecule has 1 fully saturated rings. The molecule has 3 heterocycles. The van der Waals surface area contributed by atoms with E-state index in [1.807, 2.05) is 16.9 Å². The van der Waals surface area contributed by atoms with Crippen LogP contribution in [0.25, 0.3) is 5.52 Å². The van der Waals surface area contributed by atoms with E-state index in [4.69, 9.17) is 11.6 Å². The molecule has 21 heavy (non-hydrogen) atoms. The maximum Gasteiger partial charge on any atom is 0.154 e. The van der Waals surface area contributed by atoms with Crippen LogP contribution in [0.15, 0.2) is 18.5 Å². The minimum absolute atomic E-state index is 0.429. The first-order valence-electron chi connectivity index (χ1n) is 7.56. The summed E-state index contributed by atoms with van der Waals surface area (Å²) in [7, 11) is 0. The van der Waals surface area contributed by atoms with Crippen LogP contribution in [0.3, 0.4) is 0 Å². The van der Waals surface area contributed by atoms with E-state index in [1.165, 1.54) is 0 Å². The second-order valence-electron chi connectivity index (χ2n) is 5.82. The van der Waals surface area contributed by atoms with Gasteiger partial charge in [0.05, 0.1) is 5.69 Å². The molecule has 114 valence electrons. The van der Waals surface area contributed by atoms with E-state index in [1.54, 1.807) is 0 Å². The summed E-state index contributed by atoms with van der Waals surface area (Å²) in [6.07, 6.45) is 3.76. The first-order chi connectivity index (χ1) is 10.2. The number of fused-ring (bicyclic) bond motifs is 1. The number of nitrogens with zero attached hydrogens (tertiary/aromatic N) is 5. The molecule has 6 heteroatoms. The molecule has 1 aliphatic rings. The lowest BCUT2D eigenvalue weighted by atomic mass is 10.1. The molecule has 0 N–H and O–H groups in total. The molecule has 5 nitrogen and oxygen atoms in total. The largest absolute Gasteiger partial charge is 0.352 e. The van der Waals surface area contributed by atoms with Crippen molar-refractivity contribution in [2.24, 2.45) is 0 Å². The van der Waals surface area contributed by atoms with Gasteiger partial charge in [-0.3, -0.25) is 4.90 Å². The van der Waals surface area contributed by atoms with Crippen molar-refractivity contribution in [2.75, 3.05) is 43.5 Å². The Hall–Kier alpha value is -1.33. The Kier molecular flexibility index (Phi) is 4.31. The number of anilines is 1. The molecule has 0 radical (unpaired) electrons. The van der Waals surface area contributed by atoms with Gasteiger partial charge in [-0.25, -0.2) is 9.50 Å². The summed E-state index contributed by atoms with van der Waals surface area (Å²) in [5.74, 6) is 2.18. The normalized spacial score (nSPS) is 17.0. The number of halogens is 1. The molecule has 0 aromatic carbocycles. The zero-order valence-corrected chi connectivity index (χ0v) is 13.4. The fraction of sp³-hybridized carbons (Fsp3) is 0.600. The summed E-state index contributed by atoms with van der Waals surface area (Å²) >= 11 is 5.82. The lowest BCUT2D eigenvalue weighted by Gasteiger charge is -2.35. The van der Waals surface area contributed by atoms with Gasteiger partial charge in [0.2, 0.25) is 0 Å². The minimum atomic E-state index is 0.429. The third-order valence-corrected chi connectivity index (χ3v) is 4.22. The molecule has 2 aromatic heterocycles. The van der Waals surface area contributed by atoms with Crippen LogP contribution in [0.1, 0.15) is 25.5 Å². The van der Waals surface area contributed by atoms with Gasteiger partial charge in [-0.05, 0) is 12.0 Å². The molecule has 0 amide bonds. The Morgan fingerprint density at radius 1 is 1.24 bits per heavy atom. The van der Waals surface area contributed by atoms with Crippen LogP contribution in [0.4, 0.5) is 5.82 Å². The third-order valence-electron chi connectivity index (χ3n) is 4.05. The van der Waals surface area contributed by atoms with Crippen LogP contribution >= 0.6 is 11.6 Å².